The second kappa shape index (κ2) is 6.07. The quantitative estimate of drug-likeness (QED) is 0.794. The highest BCUT2D eigenvalue weighted by atomic mass is 32.1. The zero-order valence-corrected chi connectivity index (χ0v) is 12.9. The Kier molecular flexibility index (Phi) is 4.33. The number of aliphatic hydroxyl groups is 2. The van der Waals surface area contributed by atoms with Gasteiger partial charge >= 0.3 is 0 Å². The standard InChI is InChI=1S/C16H23NO3S/c18-10-11-8-12(9-13(11)19)17-15(20)16(5-1-2-6-16)14-4-3-7-21-14/h3-4,7,11-13,18-19H,1-2,5-6,8-10H2,(H,17,20)/t11-,12-,13+/m0/s1. The van der Waals surface area contributed by atoms with E-state index in [-0.39, 0.29) is 29.9 Å². The van der Waals surface area contributed by atoms with Crippen molar-refractivity contribution >= 4 is 17.2 Å². The van der Waals surface area contributed by atoms with Crippen molar-refractivity contribution < 1.29 is 15.0 Å². The van der Waals surface area contributed by atoms with Crippen molar-refractivity contribution in [2.75, 3.05) is 6.61 Å². The van der Waals surface area contributed by atoms with E-state index in [2.05, 4.69) is 11.4 Å². The van der Waals surface area contributed by atoms with Crippen LogP contribution < -0.4 is 5.32 Å². The van der Waals surface area contributed by atoms with Gasteiger partial charge in [0.25, 0.3) is 0 Å². The van der Waals surface area contributed by atoms with Gasteiger partial charge in [-0.1, -0.05) is 18.9 Å². The number of carbonyl (C=O) groups is 1. The summed E-state index contributed by atoms with van der Waals surface area (Å²) in [5, 5.41) is 24.3. The molecule has 0 aromatic carbocycles. The number of nitrogens with one attached hydrogen (secondary N) is 1. The summed E-state index contributed by atoms with van der Waals surface area (Å²) in [6.07, 6.45) is 4.74. The van der Waals surface area contributed by atoms with Gasteiger partial charge in [0.05, 0.1) is 11.5 Å². The molecular formula is C16H23NO3S. The smallest absolute Gasteiger partial charge is 0.231 e. The predicted octanol–water partition coefficient (Wildman–Crippen LogP) is 1.81. The first-order chi connectivity index (χ1) is 10.2. The van der Waals surface area contributed by atoms with E-state index < -0.39 is 6.10 Å². The number of hydrogen-bond acceptors (Lipinski definition) is 4. The molecule has 21 heavy (non-hydrogen) atoms. The maximum atomic E-state index is 12.9. The zero-order valence-electron chi connectivity index (χ0n) is 12.1. The molecule has 0 radical (unpaired) electrons. The van der Waals surface area contributed by atoms with Crippen LogP contribution in [0.3, 0.4) is 0 Å². The van der Waals surface area contributed by atoms with Crippen LogP contribution in [0.25, 0.3) is 0 Å². The fourth-order valence-corrected chi connectivity index (χ4v) is 4.84. The molecule has 0 saturated heterocycles. The molecule has 1 amide bonds. The summed E-state index contributed by atoms with van der Waals surface area (Å²) in [6, 6.07) is 4.06. The second-order valence-corrected chi connectivity index (χ2v) is 7.37. The predicted molar refractivity (Wildman–Crippen MR) is 82.2 cm³/mol. The van der Waals surface area contributed by atoms with Gasteiger partial charge in [0.1, 0.15) is 0 Å². The number of carbonyl (C=O) groups excluding carboxylic acids is 1. The van der Waals surface area contributed by atoms with Crippen LogP contribution in [0.15, 0.2) is 17.5 Å². The fourth-order valence-electron chi connectivity index (χ4n) is 3.86. The lowest BCUT2D eigenvalue weighted by Crippen LogP contribution is -2.46. The van der Waals surface area contributed by atoms with Crippen molar-refractivity contribution in [2.45, 2.75) is 56.1 Å². The molecule has 2 saturated carbocycles. The third kappa shape index (κ3) is 2.74. The van der Waals surface area contributed by atoms with E-state index in [1.165, 1.54) is 0 Å². The Labute approximate surface area is 129 Å². The van der Waals surface area contributed by atoms with Crippen LogP contribution in [0.1, 0.15) is 43.4 Å². The van der Waals surface area contributed by atoms with Crippen LogP contribution >= 0.6 is 11.3 Å². The van der Waals surface area contributed by atoms with E-state index in [0.29, 0.717) is 12.8 Å². The number of hydrogen-bond donors (Lipinski definition) is 3. The minimum absolute atomic E-state index is 0.0103. The molecule has 1 aromatic rings. The fraction of sp³-hybridized carbons (Fsp3) is 0.688. The lowest BCUT2D eigenvalue weighted by Gasteiger charge is -2.28. The van der Waals surface area contributed by atoms with Crippen LogP contribution in [-0.4, -0.2) is 34.9 Å². The Bertz CT molecular complexity index is 482. The van der Waals surface area contributed by atoms with Crippen LogP contribution in [-0.2, 0) is 10.2 Å². The van der Waals surface area contributed by atoms with Crippen molar-refractivity contribution in [2.24, 2.45) is 5.92 Å². The van der Waals surface area contributed by atoms with Crippen molar-refractivity contribution in [3.63, 3.8) is 0 Å². The Hall–Kier alpha value is -0.910. The maximum Gasteiger partial charge on any atom is 0.231 e. The molecule has 1 heterocycles. The van der Waals surface area contributed by atoms with Gasteiger partial charge in [-0.05, 0) is 37.1 Å². The molecule has 4 nitrogen and oxygen atoms in total. The second-order valence-electron chi connectivity index (χ2n) is 6.42. The Morgan fingerprint density at radius 2 is 2.14 bits per heavy atom. The largest absolute Gasteiger partial charge is 0.396 e. The van der Waals surface area contributed by atoms with Crippen molar-refractivity contribution in [3.05, 3.63) is 22.4 Å². The average molecular weight is 309 g/mol. The van der Waals surface area contributed by atoms with E-state index in [1.807, 2.05) is 11.4 Å². The normalized spacial score (nSPS) is 31.4. The van der Waals surface area contributed by atoms with Crippen LogP contribution in [0, 0.1) is 5.92 Å². The van der Waals surface area contributed by atoms with Crippen LogP contribution in [0.4, 0.5) is 0 Å². The van der Waals surface area contributed by atoms with Gasteiger partial charge in [-0.15, -0.1) is 11.3 Å². The maximum absolute atomic E-state index is 12.9. The topological polar surface area (TPSA) is 69.6 Å². The molecule has 3 N–H and O–H groups in total. The minimum atomic E-state index is -0.499. The highest BCUT2D eigenvalue weighted by Gasteiger charge is 2.45. The third-order valence-corrected chi connectivity index (χ3v) is 6.19. The lowest BCUT2D eigenvalue weighted by atomic mass is 9.83. The van der Waals surface area contributed by atoms with Gasteiger partial charge in [-0.25, -0.2) is 0 Å². The van der Waals surface area contributed by atoms with Gasteiger partial charge in [-0.3, -0.25) is 4.79 Å². The first-order valence-corrected chi connectivity index (χ1v) is 8.67. The monoisotopic (exact) mass is 309 g/mol. The first-order valence-electron chi connectivity index (χ1n) is 7.79. The van der Waals surface area contributed by atoms with Gasteiger partial charge in [0.2, 0.25) is 5.91 Å². The zero-order chi connectivity index (χ0) is 14.9. The first kappa shape index (κ1) is 15.0. The molecule has 0 aliphatic heterocycles. The average Bonchev–Trinajstić information content (AvgIpc) is 3.19. The Balaban J connectivity index is 1.72. The highest BCUT2D eigenvalue weighted by molar-refractivity contribution is 7.10. The van der Waals surface area contributed by atoms with E-state index in [4.69, 9.17) is 0 Å². The molecule has 1 aromatic heterocycles. The molecule has 2 aliphatic rings. The van der Waals surface area contributed by atoms with E-state index in [0.717, 1.165) is 30.6 Å². The summed E-state index contributed by atoms with van der Waals surface area (Å²) >= 11 is 1.66. The third-order valence-electron chi connectivity index (χ3n) is 5.11. The molecule has 2 fully saturated rings. The molecule has 3 atom stereocenters. The molecule has 0 spiro atoms. The number of aliphatic hydroxyl groups excluding tert-OH is 2. The summed E-state index contributed by atoms with van der Waals surface area (Å²) in [5.41, 5.74) is -0.365. The summed E-state index contributed by atoms with van der Waals surface area (Å²) in [7, 11) is 0. The summed E-state index contributed by atoms with van der Waals surface area (Å²) < 4.78 is 0. The molecule has 5 heteroatoms. The number of rotatable bonds is 4. The van der Waals surface area contributed by atoms with Crippen molar-refractivity contribution in [1.82, 2.24) is 5.32 Å². The van der Waals surface area contributed by atoms with E-state index in [9.17, 15) is 15.0 Å². The Morgan fingerprint density at radius 3 is 2.71 bits per heavy atom. The van der Waals surface area contributed by atoms with Crippen LogP contribution in [0.2, 0.25) is 0 Å². The molecule has 2 aliphatic carbocycles. The molecule has 116 valence electrons. The summed E-state index contributed by atoms with van der Waals surface area (Å²) in [4.78, 5) is 14.0. The molecular weight excluding hydrogens is 286 g/mol. The van der Waals surface area contributed by atoms with Crippen molar-refractivity contribution in [1.29, 1.82) is 0 Å². The number of amides is 1. The van der Waals surface area contributed by atoms with Gasteiger partial charge in [0.15, 0.2) is 0 Å². The molecule has 3 rings (SSSR count). The van der Waals surface area contributed by atoms with E-state index in [1.54, 1.807) is 11.3 Å². The Morgan fingerprint density at radius 1 is 1.38 bits per heavy atom. The van der Waals surface area contributed by atoms with Gasteiger partial charge < -0.3 is 15.5 Å². The lowest BCUT2D eigenvalue weighted by molar-refractivity contribution is -0.127. The highest BCUT2D eigenvalue weighted by Crippen LogP contribution is 2.43. The van der Waals surface area contributed by atoms with Crippen molar-refractivity contribution in [3.8, 4) is 0 Å². The van der Waals surface area contributed by atoms with Gasteiger partial charge in [0, 0.05) is 23.4 Å². The SMILES string of the molecule is O=C(N[C@H]1C[C@@H](CO)[C@H](O)C1)C1(c2cccs2)CCCC1. The van der Waals surface area contributed by atoms with Crippen LogP contribution in [0.5, 0.6) is 0 Å². The van der Waals surface area contributed by atoms with Gasteiger partial charge in [-0.2, -0.15) is 0 Å². The summed E-state index contributed by atoms with van der Waals surface area (Å²) in [6.45, 7) is -0.0103. The molecule has 0 unspecified atom stereocenters. The minimum Gasteiger partial charge on any atom is -0.396 e. The van der Waals surface area contributed by atoms with E-state index >= 15 is 0 Å². The summed E-state index contributed by atoms with van der Waals surface area (Å²) in [5.74, 6) is 0.00908. The molecule has 0 bridgehead atoms. The number of thiophene rings is 1.